The molecule has 2 aliphatic rings. The van der Waals surface area contributed by atoms with Crippen LogP contribution in [-0.4, -0.2) is 29.3 Å². The monoisotopic (exact) mass is 242 g/mol. The van der Waals surface area contributed by atoms with Gasteiger partial charge in [0.25, 0.3) is 0 Å². The number of aliphatic hydroxyl groups is 1. The highest BCUT2D eigenvalue weighted by Gasteiger charge is 2.21. The molecule has 1 unspecified atom stereocenters. The molecule has 1 atom stereocenters. The molecular weight excluding hydrogens is 224 g/mol. The van der Waals surface area contributed by atoms with Crippen LogP contribution in [0.3, 0.4) is 0 Å². The standard InChI is InChI=1S/C15H18N2O/c18-15-7-6-13-11-17(9-8-14(13)16-15)10-12-4-2-1-3-5-12/h1-7,15-16,18H,8-11H2. The van der Waals surface area contributed by atoms with E-state index < -0.39 is 6.23 Å². The van der Waals surface area contributed by atoms with Gasteiger partial charge in [-0.15, -0.1) is 0 Å². The topological polar surface area (TPSA) is 35.5 Å². The van der Waals surface area contributed by atoms with Crippen LogP contribution in [0.1, 0.15) is 12.0 Å². The fraction of sp³-hybridized carbons (Fsp3) is 0.333. The Labute approximate surface area is 107 Å². The number of hydrogen-bond donors (Lipinski definition) is 2. The zero-order valence-electron chi connectivity index (χ0n) is 10.3. The summed E-state index contributed by atoms with van der Waals surface area (Å²) in [5, 5.41) is 12.6. The summed E-state index contributed by atoms with van der Waals surface area (Å²) < 4.78 is 0. The van der Waals surface area contributed by atoms with Gasteiger partial charge in [-0.25, -0.2) is 0 Å². The number of nitrogens with one attached hydrogen (secondary N) is 1. The Balaban J connectivity index is 1.67. The van der Waals surface area contributed by atoms with Crippen molar-refractivity contribution in [2.45, 2.75) is 19.2 Å². The number of benzene rings is 1. The lowest BCUT2D eigenvalue weighted by molar-refractivity contribution is 0.184. The summed E-state index contributed by atoms with van der Waals surface area (Å²) in [6, 6.07) is 10.6. The molecule has 94 valence electrons. The Morgan fingerprint density at radius 2 is 2.11 bits per heavy atom. The lowest BCUT2D eigenvalue weighted by atomic mass is 10.0. The summed E-state index contributed by atoms with van der Waals surface area (Å²) in [6.07, 6.45) is 4.34. The second-order valence-corrected chi connectivity index (χ2v) is 4.90. The van der Waals surface area contributed by atoms with Crippen molar-refractivity contribution in [1.82, 2.24) is 10.2 Å². The van der Waals surface area contributed by atoms with Gasteiger partial charge in [-0.05, 0) is 17.2 Å². The number of hydrogen-bond acceptors (Lipinski definition) is 3. The van der Waals surface area contributed by atoms with Gasteiger partial charge in [-0.2, -0.15) is 0 Å². The van der Waals surface area contributed by atoms with E-state index in [1.54, 1.807) is 0 Å². The van der Waals surface area contributed by atoms with Crippen molar-refractivity contribution in [1.29, 1.82) is 0 Å². The van der Waals surface area contributed by atoms with Gasteiger partial charge >= 0.3 is 0 Å². The minimum absolute atomic E-state index is 0.510. The summed E-state index contributed by atoms with van der Waals surface area (Å²) in [6.45, 7) is 3.00. The van der Waals surface area contributed by atoms with E-state index in [-0.39, 0.29) is 0 Å². The number of rotatable bonds is 2. The molecule has 18 heavy (non-hydrogen) atoms. The Morgan fingerprint density at radius 3 is 2.94 bits per heavy atom. The summed E-state index contributed by atoms with van der Waals surface area (Å²) in [4.78, 5) is 2.44. The highest BCUT2D eigenvalue weighted by Crippen LogP contribution is 2.21. The van der Waals surface area contributed by atoms with Crippen LogP contribution < -0.4 is 5.32 Å². The van der Waals surface area contributed by atoms with Crippen LogP contribution in [0.25, 0.3) is 0 Å². The average molecular weight is 242 g/mol. The lowest BCUT2D eigenvalue weighted by Gasteiger charge is -2.33. The van der Waals surface area contributed by atoms with Gasteiger partial charge in [-0.1, -0.05) is 36.4 Å². The van der Waals surface area contributed by atoms with Crippen molar-refractivity contribution in [2.24, 2.45) is 0 Å². The van der Waals surface area contributed by atoms with Crippen molar-refractivity contribution in [3.8, 4) is 0 Å². The minimum atomic E-state index is -0.510. The Hall–Kier alpha value is -1.58. The van der Waals surface area contributed by atoms with E-state index in [1.807, 2.05) is 12.2 Å². The molecule has 0 bridgehead atoms. The maximum atomic E-state index is 9.50. The first-order valence-corrected chi connectivity index (χ1v) is 6.42. The molecule has 2 aliphatic heterocycles. The summed E-state index contributed by atoms with van der Waals surface area (Å²) in [5.41, 5.74) is 3.87. The number of dihydropyridines is 1. The molecule has 0 fully saturated rings. The molecular formula is C15H18N2O. The van der Waals surface area contributed by atoms with E-state index in [1.165, 1.54) is 16.8 Å². The van der Waals surface area contributed by atoms with Crippen molar-refractivity contribution in [3.63, 3.8) is 0 Å². The summed E-state index contributed by atoms with van der Waals surface area (Å²) in [5.74, 6) is 0. The van der Waals surface area contributed by atoms with Crippen LogP contribution in [0.2, 0.25) is 0 Å². The van der Waals surface area contributed by atoms with Crippen LogP contribution in [0.5, 0.6) is 0 Å². The highest BCUT2D eigenvalue weighted by molar-refractivity contribution is 5.33. The fourth-order valence-corrected chi connectivity index (χ4v) is 2.57. The molecule has 3 heteroatoms. The van der Waals surface area contributed by atoms with E-state index >= 15 is 0 Å². The van der Waals surface area contributed by atoms with E-state index in [2.05, 4.69) is 40.5 Å². The van der Waals surface area contributed by atoms with Crippen LogP contribution in [0, 0.1) is 0 Å². The van der Waals surface area contributed by atoms with Crippen molar-refractivity contribution in [3.05, 3.63) is 59.3 Å². The summed E-state index contributed by atoms with van der Waals surface area (Å²) in [7, 11) is 0. The number of aliphatic hydroxyl groups excluding tert-OH is 1. The van der Waals surface area contributed by atoms with E-state index in [0.29, 0.717) is 0 Å². The smallest absolute Gasteiger partial charge is 0.143 e. The minimum Gasteiger partial charge on any atom is -0.370 e. The Bertz CT molecular complexity index is 479. The zero-order chi connectivity index (χ0) is 12.4. The normalized spacial score (nSPS) is 23.7. The number of nitrogens with zero attached hydrogens (tertiary/aromatic N) is 1. The molecule has 0 saturated heterocycles. The van der Waals surface area contributed by atoms with Gasteiger partial charge in [0, 0.05) is 31.8 Å². The van der Waals surface area contributed by atoms with Crippen LogP contribution in [0.15, 0.2) is 53.8 Å². The molecule has 2 N–H and O–H groups in total. The summed E-state index contributed by atoms with van der Waals surface area (Å²) >= 11 is 0. The first kappa shape index (κ1) is 11.5. The molecule has 0 radical (unpaired) electrons. The van der Waals surface area contributed by atoms with Crippen molar-refractivity contribution < 1.29 is 5.11 Å². The third-order valence-corrected chi connectivity index (χ3v) is 3.51. The Morgan fingerprint density at radius 1 is 1.28 bits per heavy atom. The quantitative estimate of drug-likeness (QED) is 0.827. The molecule has 1 aromatic rings. The molecule has 1 aromatic carbocycles. The predicted molar refractivity (Wildman–Crippen MR) is 71.6 cm³/mol. The van der Waals surface area contributed by atoms with Gasteiger partial charge in [0.05, 0.1) is 0 Å². The zero-order valence-corrected chi connectivity index (χ0v) is 10.3. The van der Waals surface area contributed by atoms with Crippen molar-refractivity contribution in [2.75, 3.05) is 13.1 Å². The van der Waals surface area contributed by atoms with Crippen molar-refractivity contribution >= 4 is 0 Å². The molecule has 0 spiro atoms. The third kappa shape index (κ3) is 2.47. The first-order valence-electron chi connectivity index (χ1n) is 6.42. The maximum absolute atomic E-state index is 9.50. The average Bonchev–Trinajstić information content (AvgIpc) is 2.40. The van der Waals surface area contributed by atoms with Gasteiger partial charge < -0.3 is 10.4 Å². The van der Waals surface area contributed by atoms with Gasteiger partial charge in [0.2, 0.25) is 0 Å². The third-order valence-electron chi connectivity index (χ3n) is 3.51. The second kappa shape index (κ2) is 4.96. The molecule has 3 nitrogen and oxygen atoms in total. The molecule has 0 aliphatic carbocycles. The second-order valence-electron chi connectivity index (χ2n) is 4.90. The molecule has 3 rings (SSSR count). The predicted octanol–water partition coefficient (Wildman–Crippen LogP) is 1.62. The van der Waals surface area contributed by atoms with E-state index in [9.17, 15) is 5.11 Å². The molecule has 0 amide bonds. The van der Waals surface area contributed by atoms with Crippen LogP contribution >= 0.6 is 0 Å². The fourth-order valence-electron chi connectivity index (χ4n) is 2.57. The highest BCUT2D eigenvalue weighted by atomic mass is 16.3. The first-order chi connectivity index (χ1) is 8.81. The SMILES string of the molecule is OC1C=CC2=C(CCN(Cc3ccccc3)C2)N1. The maximum Gasteiger partial charge on any atom is 0.143 e. The van der Waals surface area contributed by atoms with E-state index in [4.69, 9.17) is 0 Å². The van der Waals surface area contributed by atoms with Crippen LogP contribution in [-0.2, 0) is 6.54 Å². The Kier molecular flexibility index (Phi) is 3.17. The van der Waals surface area contributed by atoms with Crippen LogP contribution in [0.4, 0.5) is 0 Å². The lowest BCUT2D eigenvalue weighted by Crippen LogP contribution is -2.39. The molecule has 2 heterocycles. The van der Waals surface area contributed by atoms with Gasteiger partial charge in [0.15, 0.2) is 0 Å². The molecule has 0 aromatic heterocycles. The van der Waals surface area contributed by atoms with E-state index in [0.717, 1.165) is 26.1 Å². The van der Waals surface area contributed by atoms with Gasteiger partial charge in [-0.3, -0.25) is 4.90 Å². The molecule has 0 saturated carbocycles. The largest absolute Gasteiger partial charge is 0.370 e. The van der Waals surface area contributed by atoms with Gasteiger partial charge in [0.1, 0.15) is 6.23 Å².